The van der Waals surface area contributed by atoms with E-state index in [0.29, 0.717) is 6.54 Å². The second kappa shape index (κ2) is 6.13. The van der Waals surface area contributed by atoms with Crippen LogP contribution >= 0.6 is 11.8 Å². The summed E-state index contributed by atoms with van der Waals surface area (Å²) in [5.41, 5.74) is 1.05. The lowest BCUT2D eigenvalue weighted by atomic mass is 10.2. The summed E-state index contributed by atoms with van der Waals surface area (Å²) >= 11 is 1.58. The highest BCUT2D eigenvalue weighted by Gasteiger charge is 2.13. The first-order chi connectivity index (χ1) is 10.2. The second-order valence-electron chi connectivity index (χ2n) is 4.63. The van der Waals surface area contributed by atoms with Crippen LogP contribution in [0.5, 0.6) is 0 Å². The van der Waals surface area contributed by atoms with Gasteiger partial charge in [0, 0.05) is 5.25 Å². The Morgan fingerprint density at radius 2 is 2.10 bits per heavy atom. The summed E-state index contributed by atoms with van der Waals surface area (Å²) < 4.78 is 20.2. The first-order valence-electron chi connectivity index (χ1n) is 6.54. The van der Waals surface area contributed by atoms with Gasteiger partial charge in [0.15, 0.2) is 5.16 Å². The maximum absolute atomic E-state index is 13.0. The van der Waals surface area contributed by atoms with Gasteiger partial charge in [0.1, 0.15) is 17.9 Å². The first-order valence-corrected chi connectivity index (χ1v) is 7.42. The lowest BCUT2D eigenvalue weighted by Gasteiger charge is -2.11. The van der Waals surface area contributed by atoms with E-state index in [0.717, 1.165) is 16.5 Å². The van der Waals surface area contributed by atoms with Crippen LogP contribution in [-0.2, 0) is 6.54 Å². The SMILES string of the molecule is C[C@@H](Sc1nncn1Cc1ccco1)c1ccc(F)cc1. The van der Waals surface area contributed by atoms with Crippen molar-refractivity contribution in [3.05, 3.63) is 66.1 Å². The van der Waals surface area contributed by atoms with E-state index in [9.17, 15) is 4.39 Å². The van der Waals surface area contributed by atoms with Crippen molar-refractivity contribution in [3.63, 3.8) is 0 Å². The average Bonchev–Trinajstić information content (AvgIpc) is 3.13. The van der Waals surface area contributed by atoms with Crippen LogP contribution in [0.25, 0.3) is 0 Å². The molecule has 0 bridgehead atoms. The van der Waals surface area contributed by atoms with E-state index < -0.39 is 0 Å². The summed E-state index contributed by atoms with van der Waals surface area (Å²) in [5, 5.41) is 9.06. The van der Waals surface area contributed by atoms with E-state index in [-0.39, 0.29) is 11.1 Å². The molecular weight excluding hydrogens is 289 g/mol. The number of hydrogen-bond donors (Lipinski definition) is 0. The van der Waals surface area contributed by atoms with Crippen LogP contribution in [0.4, 0.5) is 4.39 Å². The summed E-state index contributed by atoms with van der Waals surface area (Å²) in [6.07, 6.45) is 3.33. The maximum atomic E-state index is 13.0. The highest BCUT2D eigenvalue weighted by molar-refractivity contribution is 7.99. The molecule has 0 N–H and O–H groups in total. The topological polar surface area (TPSA) is 43.9 Å². The normalized spacial score (nSPS) is 12.5. The number of aromatic nitrogens is 3. The summed E-state index contributed by atoms with van der Waals surface area (Å²) in [6.45, 7) is 2.66. The Labute approximate surface area is 126 Å². The van der Waals surface area contributed by atoms with E-state index in [4.69, 9.17) is 4.42 Å². The van der Waals surface area contributed by atoms with Crippen molar-refractivity contribution in [1.82, 2.24) is 14.8 Å². The van der Waals surface area contributed by atoms with E-state index >= 15 is 0 Å². The molecule has 0 radical (unpaired) electrons. The highest BCUT2D eigenvalue weighted by atomic mass is 32.2. The summed E-state index contributed by atoms with van der Waals surface area (Å²) in [7, 11) is 0. The Hall–Kier alpha value is -2.08. The van der Waals surface area contributed by atoms with Crippen LogP contribution in [0.2, 0.25) is 0 Å². The van der Waals surface area contributed by atoms with Gasteiger partial charge in [-0.15, -0.1) is 10.2 Å². The number of thioether (sulfide) groups is 1. The molecule has 0 unspecified atom stereocenters. The number of rotatable bonds is 5. The van der Waals surface area contributed by atoms with Gasteiger partial charge in [-0.2, -0.15) is 0 Å². The fraction of sp³-hybridized carbons (Fsp3) is 0.200. The molecule has 0 aliphatic carbocycles. The van der Waals surface area contributed by atoms with Crippen LogP contribution in [-0.4, -0.2) is 14.8 Å². The molecule has 21 heavy (non-hydrogen) atoms. The minimum absolute atomic E-state index is 0.158. The number of nitrogens with zero attached hydrogens (tertiary/aromatic N) is 3. The molecular formula is C15H14FN3OS. The molecule has 0 spiro atoms. The minimum atomic E-state index is -0.225. The predicted molar refractivity (Wildman–Crippen MR) is 78.5 cm³/mol. The molecule has 3 aromatic rings. The second-order valence-corrected chi connectivity index (χ2v) is 5.94. The summed E-state index contributed by atoms with van der Waals surface area (Å²) in [4.78, 5) is 0. The molecule has 0 amide bonds. The molecule has 1 atom stereocenters. The van der Waals surface area contributed by atoms with Crippen molar-refractivity contribution >= 4 is 11.8 Å². The Kier molecular flexibility index (Phi) is 4.06. The quantitative estimate of drug-likeness (QED) is 0.670. The summed E-state index contributed by atoms with van der Waals surface area (Å²) in [5.74, 6) is 0.628. The van der Waals surface area contributed by atoms with E-state index in [1.165, 1.54) is 12.1 Å². The number of hydrogen-bond acceptors (Lipinski definition) is 4. The average molecular weight is 303 g/mol. The Morgan fingerprint density at radius 1 is 1.29 bits per heavy atom. The largest absolute Gasteiger partial charge is 0.467 e. The molecule has 2 aromatic heterocycles. The van der Waals surface area contributed by atoms with Gasteiger partial charge in [0.2, 0.25) is 0 Å². The highest BCUT2D eigenvalue weighted by Crippen LogP contribution is 2.33. The monoisotopic (exact) mass is 303 g/mol. The first kappa shape index (κ1) is 13.9. The van der Waals surface area contributed by atoms with E-state index in [2.05, 4.69) is 17.1 Å². The number of benzene rings is 1. The van der Waals surface area contributed by atoms with Gasteiger partial charge < -0.3 is 8.98 Å². The van der Waals surface area contributed by atoms with Gasteiger partial charge in [-0.25, -0.2) is 4.39 Å². The zero-order valence-electron chi connectivity index (χ0n) is 11.4. The van der Waals surface area contributed by atoms with Gasteiger partial charge in [-0.05, 0) is 36.8 Å². The Bertz CT molecular complexity index is 694. The predicted octanol–water partition coefficient (Wildman–Crippen LogP) is 3.91. The molecule has 0 aliphatic rings. The molecule has 108 valence electrons. The molecule has 3 rings (SSSR count). The van der Waals surface area contributed by atoms with Gasteiger partial charge in [-0.1, -0.05) is 23.9 Å². The fourth-order valence-corrected chi connectivity index (χ4v) is 2.93. The van der Waals surface area contributed by atoms with Gasteiger partial charge in [-0.3, -0.25) is 0 Å². The molecule has 0 fully saturated rings. The molecule has 0 saturated heterocycles. The van der Waals surface area contributed by atoms with Gasteiger partial charge in [0.25, 0.3) is 0 Å². The smallest absolute Gasteiger partial charge is 0.192 e. The Morgan fingerprint density at radius 3 is 2.81 bits per heavy atom. The number of furan rings is 1. The molecule has 0 aliphatic heterocycles. The number of halogens is 1. The Balaban J connectivity index is 1.73. The summed E-state index contributed by atoms with van der Waals surface area (Å²) in [6, 6.07) is 10.3. The van der Waals surface area contributed by atoms with Crippen molar-refractivity contribution in [3.8, 4) is 0 Å². The zero-order chi connectivity index (χ0) is 14.7. The third-order valence-electron chi connectivity index (χ3n) is 3.11. The third-order valence-corrected chi connectivity index (χ3v) is 4.26. The molecule has 4 nitrogen and oxygen atoms in total. The van der Waals surface area contributed by atoms with Crippen molar-refractivity contribution in [2.45, 2.75) is 23.9 Å². The minimum Gasteiger partial charge on any atom is -0.467 e. The van der Waals surface area contributed by atoms with Crippen LogP contribution in [0.1, 0.15) is 23.5 Å². The van der Waals surface area contributed by atoms with Gasteiger partial charge >= 0.3 is 0 Å². The van der Waals surface area contributed by atoms with Crippen LogP contribution in [0.3, 0.4) is 0 Å². The van der Waals surface area contributed by atoms with Crippen molar-refractivity contribution in [1.29, 1.82) is 0 Å². The van der Waals surface area contributed by atoms with Crippen LogP contribution in [0.15, 0.2) is 58.6 Å². The van der Waals surface area contributed by atoms with Crippen molar-refractivity contribution < 1.29 is 8.81 Å². The maximum Gasteiger partial charge on any atom is 0.192 e. The van der Waals surface area contributed by atoms with E-state index in [1.807, 2.05) is 16.7 Å². The molecule has 1 aromatic carbocycles. The third kappa shape index (κ3) is 3.33. The van der Waals surface area contributed by atoms with Crippen molar-refractivity contribution in [2.24, 2.45) is 0 Å². The lowest BCUT2D eigenvalue weighted by molar-refractivity contribution is 0.484. The molecule has 2 heterocycles. The zero-order valence-corrected chi connectivity index (χ0v) is 12.3. The fourth-order valence-electron chi connectivity index (χ4n) is 1.97. The van der Waals surface area contributed by atoms with E-state index in [1.54, 1.807) is 36.5 Å². The molecule has 6 heteroatoms. The van der Waals surface area contributed by atoms with Crippen LogP contribution in [0, 0.1) is 5.82 Å². The lowest BCUT2D eigenvalue weighted by Crippen LogP contribution is -2.00. The van der Waals surface area contributed by atoms with Crippen molar-refractivity contribution in [2.75, 3.05) is 0 Å². The van der Waals surface area contributed by atoms with Gasteiger partial charge in [0.05, 0.1) is 12.8 Å². The molecule has 0 saturated carbocycles. The van der Waals surface area contributed by atoms with Crippen LogP contribution < -0.4 is 0 Å². The standard InChI is InChI=1S/C15H14FN3OS/c1-11(12-4-6-13(16)7-5-12)21-15-18-17-10-19(15)9-14-3-2-8-20-14/h2-8,10-11H,9H2,1H3/t11-/m1/s1.